The van der Waals surface area contributed by atoms with Gasteiger partial charge in [-0.2, -0.15) is 0 Å². The Morgan fingerprint density at radius 2 is 0.923 bits per heavy atom. The minimum atomic E-state index is 1.39. The van der Waals surface area contributed by atoms with Gasteiger partial charge in [-0.1, -0.05) is 50.2 Å². The molecular formula is C24H20S2. The van der Waals surface area contributed by atoms with Crippen LogP contribution in [0, 0.1) is 13.8 Å². The molecule has 0 aliphatic heterocycles. The van der Waals surface area contributed by atoms with E-state index in [1.54, 1.807) is 0 Å². The van der Waals surface area contributed by atoms with E-state index in [9.17, 15) is 0 Å². The van der Waals surface area contributed by atoms with Gasteiger partial charge in [0.05, 0.1) is 0 Å². The average molecular weight is 373 g/mol. The second-order valence-electron chi connectivity index (χ2n) is 6.66. The van der Waals surface area contributed by atoms with Crippen LogP contribution in [0.15, 0.2) is 48.5 Å². The second kappa shape index (κ2) is 5.67. The van der Waals surface area contributed by atoms with E-state index in [2.05, 4.69) is 62.4 Å². The van der Waals surface area contributed by atoms with Gasteiger partial charge < -0.3 is 0 Å². The summed E-state index contributed by atoms with van der Waals surface area (Å²) in [5.74, 6) is 0. The van der Waals surface area contributed by atoms with Gasteiger partial charge in [0.15, 0.2) is 0 Å². The van der Waals surface area contributed by atoms with Crippen molar-refractivity contribution in [2.45, 2.75) is 27.7 Å². The third-order valence-corrected chi connectivity index (χ3v) is 7.33. The first-order chi connectivity index (χ1) is 12.7. The number of thiophene rings is 2. The number of aryl methyl sites for hydroxylation is 2. The van der Waals surface area contributed by atoms with Gasteiger partial charge in [0.25, 0.3) is 0 Å². The molecule has 0 spiro atoms. The summed E-state index contributed by atoms with van der Waals surface area (Å²) in [5, 5.41) is 11.4. The average Bonchev–Trinajstić information content (AvgIpc) is 3.25. The first kappa shape index (κ1) is 16.0. The fourth-order valence-electron chi connectivity index (χ4n) is 4.30. The molecule has 4 aromatic carbocycles. The molecule has 0 radical (unpaired) electrons. The van der Waals surface area contributed by atoms with Crippen molar-refractivity contribution in [1.82, 2.24) is 0 Å². The van der Waals surface area contributed by atoms with E-state index < -0.39 is 0 Å². The molecule has 0 aliphatic carbocycles. The molecule has 6 rings (SSSR count). The molecule has 2 heteroatoms. The summed E-state index contributed by atoms with van der Waals surface area (Å²) in [4.78, 5) is 2.78. The number of hydrogen-bond acceptors (Lipinski definition) is 2. The number of rotatable bonds is 0. The van der Waals surface area contributed by atoms with Crippen LogP contribution < -0.4 is 0 Å². The molecule has 0 nitrogen and oxygen atoms in total. The molecular weight excluding hydrogens is 352 g/mol. The molecule has 0 atom stereocenters. The largest absolute Gasteiger partial charge is 0.140 e. The molecule has 0 aliphatic rings. The Kier molecular flexibility index (Phi) is 3.50. The van der Waals surface area contributed by atoms with Crippen molar-refractivity contribution < 1.29 is 0 Å². The first-order valence-corrected chi connectivity index (χ1v) is 10.8. The first-order valence-electron chi connectivity index (χ1n) is 9.21. The Balaban J connectivity index is 0.000000727. The van der Waals surface area contributed by atoms with Crippen molar-refractivity contribution in [3.05, 3.63) is 58.3 Å². The van der Waals surface area contributed by atoms with Gasteiger partial charge in [-0.3, -0.25) is 0 Å². The van der Waals surface area contributed by atoms with Gasteiger partial charge in [0, 0.05) is 40.7 Å². The summed E-state index contributed by atoms with van der Waals surface area (Å²) in [6.45, 7) is 8.44. The number of hydrogen-bond donors (Lipinski definition) is 0. The molecule has 2 heterocycles. The maximum Gasteiger partial charge on any atom is 0.0430 e. The highest BCUT2D eigenvalue weighted by atomic mass is 32.1. The van der Waals surface area contributed by atoms with E-state index in [0.29, 0.717) is 0 Å². The van der Waals surface area contributed by atoms with Crippen LogP contribution >= 0.6 is 22.7 Å². The normalized spacial score (nSPS) is 11.8. The highest BCUT2D eigenvalue weighted by Crippen LogP contribution is 2.48. The standard InChI is InChI=1S/C22H14S2.C2H6/c1-11-9-17-13-5-3-8-16-19(13)20-14(18-10-12(2)24-22(16)18)6-4-7-15(20)21(17)23-11;1-2/h3-10H,1-2H3;1-2H3. The SMILES string of the molecule is CC.Cc1cc2c3cccc4c5sc(C)cc5c5cccc(c2s1)c5c34. The van der Waals surface area contributed by atoms with Crippen molar-refractivity contribution in [2.24, 2.45) is 0 Å². The molecule has 0 unspecified atom stereocenters. The Morgan fingerprint density at radius 3 is 1.35 bits per heavy atom. The maximum absolute atomic E-state index is 2.36. The zero-order valence-electron chi connectivity index (χ0n) is 15.4. The fourth-order valence-corrected chi connectivity index (χ4v) is 6.41. The predicted octanol–water partition coefficient (Wildman–Crippen LogP) is 8.66. The Labute approximate surface area is 161 Å². The van der Waals surface area contributed by atoms with Crippen molar-refractivity contribution in [3.63, 3.8) is 0 Å². The smallest absolute Gasteiger partial charge is 0.0430 e. The lowest BCUT2D eigenvalue weighted by molar-refractivity contribution is 1.50. The lowest BCUT2D eigenvalue weighted by Gasteiger charge is -2.13. The molecule has 128 valence electrons. The molecule has 2 aromatic heterocycles. The van der Waals surface area contributed by atoms with E-state index in [1.165, 1.54) is 62.2 Å². The predicted molar refractivity (Wildman–Crippen MR) is 122 cm³/mol. The molecule has 0 saturated heterocycles. The van der Waals surface area contributed by atoms with Gasteiger partial charge in [-0.15, -0.1) is 22.7 Å². The minimum absolute atomic E-state index is 1.39. The third-order valence-electron chi connectivity index (χ3n) is 5.16. The highest BCUT2D eigenvalue weighted by molar-refractivity contribution is 7.21. The van der Waals surface area contributed by atoms with E-state index in [4.69, 9.17) is 0 Å². The minimum Gasteiger partial charge on any atom is -0.140 e. The molecule has 0 amide bonds. The van der Waals surface area contributed by atoms with Crippen molar-refractivity contribution in [1.29, 1.82) is 0 Å². The lowest BCUT2D eigenvalue weighted by atomic mass is 9.91. The summed E-state index contributed by atoms with van der Waals surface area (Å²) in [5.41, 5.74) is 0. The van der Waals surface area contributed by atoms with Gasteiger partial charge in [-0.25, -0.2) is 0 Å². The summed E-state index contributed by atoms with van der Waals surface area (Å²) >= 11 is 3.85. The van der Waals surface area contributed by atoms with E-state index in [0.717, 1.165) is 0 Å². The van der Waals surface area contributed by atoms with Gasteiger partial charge >= 0.3 is 0 Å². The highest BCUT2D eigenvalue weighted by Gasteiger charge is 2.18. The van der Waals surface area contributed by atoms with E-state index >= 15 is 0 Å². The van der Waals surface area contributed by atoms with Gasteiger partial charge in [-0.05, 0) is 47.5 Å². The third kappa shape index (κ3) is 1.94. The fraction of sp³-hybridized carbons (Fsp3) is 0.167. The van der Waals surface area contributed by atoms with Crippen LogP contribution in [0.1, 0.15) is 23.6 Å². The molecule has 26 heavy (non-hydrogen) atoms. The maximum atomic E-state index is 2.36. The van der Waals surface area contributed by atoms with Crippen molar-refractivity contribution in [2.75, 3.05) is 0 Å². The second-order valence-corrected chi connectivity index (χ2v) is 9.17. The lowest BCUT2D eigenvalue weighted by Crippen LogP contribution is -1.85. The van der Waals surface area contributed by atoms with Crippen LogP contribution in [0.25, 0.3) is 52.5 Å². The monoisotopic (exact) mass is 372 g/mol. The number of fused-ring (bicyclic) bond motifs is 6. The van der Waals surface area contributed by atoms with E-state index in [-0.39, 0.29) is 0 Å². The van der Waals surface area contributed by atoms with Crippen LogP contribution in [0.3, 0.4) is 0 Å². The quantitative estimate of drug-likeness (QED) is 0.234. The summed E-state index contributed by atoms with van der Waals surface area (Å²) in [6.07, 6.45) is 0. The molecule has 6 aromatic rings. The molecule has 0 N–H and O–H groups in total. The Hall–Kier alpha value is -2.16. The molecule has 0 bridgehead atoms. The van der Waals surface area contributed by atoms with Gasteiger partial charge in [0.2, 0.25) is 0 Å². The van der Waals surface area contributed by atoms with Crippen LogP contribution in [-0.2, 0) is 0 Å². The summed E-state index contributed by atoms with van der Waals surface area (Å²) in [7, 11) is 0. The van der Waals surface area contributed by atoms with Crippen LogP contribution in [0.5, 0.6) is 0 Å². The van der Waals surface area contributed by atoms with Crippen LogP contribution in [0.4, 0.5) is 0 Å². The van der Waals surface area contributed by atoms with Crippen LogP contribution in [-0.4, -0.2) is 0 Å². The Morgan fingerprint density at radius 1 is 0.538 bits per heavy atom. The summed E-state index contributed by atoms with van der Waals surface area (Å²) in [6, 6.07) is 18.4. The Bertz CT molecular complexity index is 1210. The topological polar surface area (TPSA) is 0 Å². The number of benzene rings is 4. The molecule has 0 fully saturated rings. The van der Waals surface area contributed by atoms with Crippen molar-refractivity contribution >= 4 is 75.2 Å². The zero-order chi connectivity index (χ0) is 18.0. The van der Waals surface area contributed by atoms with Crippen molar-refractivity contribution in [3.8, 4) is 0 Å². The van der Waals surface area contributed by atoms with Gasteiger partial charge in [0.1, 0.15) is 0 Å². The van der Waals surface area contributed by atoms with Crippen LogP contribution in [0.2, 0.25) is 0 Å². The zero-order valence-corrected chi connectivity index (χ0v) is 17.1. The summed E-state index contributed by atoms with van der Waals surface area (Å²) < 4.78 is 2.87. The van der Waals surface area contributed by atoms with E-state index in [1.807, 2.05) is 36.5 Å². The molecule has 0 saturated carbocycles.